The van der Waals surface area contributed by atoms with Crippen molar-refractivity contribution in [2.24, 2.45) is 4.99 Å². The number of guanidine groups is 1. The summed E-state index contributed by atoms with van der Waals surface area (Å²) in [5.74, 6) is 3.04. The van der Waals surface area contributed by atoms with E-state index < -0.39 is 0 Å². The molecular weight excluding hydrogens is 374 g/mol. The van der Waals surface area contributed by atoms with Crippen LogP contribution in [0.15, 0.2) is 53.7 Å². The molecule has 6 nitrogen and oxygen atoms in total. The number of aromatic nitrogens is 1. The Morgan fingerprint density at radius 1 is 1.07 bits per heavy atom. The van der Waals surface area contributed by atoms with Crippen LogP contribution in [0.3, 0.4) is 0 Å². The van der Waals surface area contributed by atoms with E-state index in [4.69, 9.17) is 9.73 Å². The summed E-state index contributed by atoms with van der Waals surface area (Å²) in [7, 11) is 0. The molecule has 0 aliphatic carbocycles. The first kappa shape index (κ1) is 20.5. The summed E-state index contributed by atoms with van der Waals surface area (Å²) < 4.78 is 6.13. The number of pyridine rings is 1. The van der Waals surface area contributed by atoms with Crippen LogP contribution in [0.4, 0.5) is 5.82 Å². The van der Waals surface area contributed by atoms with E-state index >= 15 is 0 Å². The largest absolute Gasteiger partial charge is 0.490 e. The van der Waals surface area contributed by atoms with Gasteiger partial charge in [-0.05, 0) is 43.5 Å². The van der Waals surface area contributed by atoms with Gasteiger partial charge in [0.1, 0.15) is 17.7 Å². The van der Waals surface area contributed by atoms with E-state index in [1.165, 1.54) is 12.8 Å². The van der Waals surface area contributed by atoms with Crippen LogP contribution in [-0.2, 0) is 6.54 Å². The first-order chi connectivity index (χ1) is 14.8. The average molecular weight is 408 g/mol. The number of para-hydroxylation sites is 1. The summed E-state index contributed by atoms with van der Waals surface area (Å²) in [5.41, 5.74) is 1.15. The van der Waals surface area contributed by atoms with E-state index in [1.807, 2.05) is 36.5 Å². The number of nitrogens with one attached hydrogen (secondary N) is 1. The number of anilines is 1. The van der Waals surface area contributed by atoms with Gasteiger partial charge in [0.25, 0.3) is 0 Å². The molecule has 2 saturated heterocycles. The van der Waals surface area contributed by atoms with Gasteiger partial charge in [-0.2, -0.15) is 0 Å². The van der Waals surface area contributed by atoms with Crippen molar-refractivity contribution >= 4 is 11.8 Å². The number of nitrogens with zero attached hydrogens (tertiary/aromatic N) is 4. The zero-order valence-corrected chi connectivity index (χ0v) is 18.0. The second kappa shape index (κ2) is 10.3. The van der Waals surface area contributed by atoms with Crippen molar-refractivity contribution in [2.75, 3.05) is 37.6 Å². The highest BCUT2D eigenvalue weighted by molar-refractivity contribution is 5.80. The Kier molecular flexibility index (Phi) is 7.06. The Morgan fingerprint density at radius 2 is 1.83 bits per heavy atom. The first-order valence-electron chi connectivity index (χ1n) is 11.3. The zero-order chi connectivity index (χ0) is 20.6. The summed E-state index contributed by atoms with van der Waals surface area (Å²) in [6.07, 6.45) is 6.80. The Labute approximate surface area is 180 Å². The fraction of sp³-hybridized carbons (Fsp3) is 0.500. The number of aliphatic imine (C=N–C) groups is 1. The Balaban J connectivity index is 1.31. The van der Waals surface area contributed by atoms with Gasteiger partial charge in [0.05, 0.1) is 6.54 Å². The van der Waals surface area contributed by atoms with E-state index in [9.17, 15) is 0 Å². The van der Waals surface area contributed by atoms with Crippen LogP contribution in [0.5, 0.6) is 5.75 Å². The standard InChI is InChI=1S/C24H33N5O/c1-2-25-24(27-19-20-10-11-23(26-18-20)28-14-6-7-15-28)29-16-12-22(13-17-29)30-21-8-4-3-5-9-21/h3-5,8-11,18,22H,2,6-7,12-17,19H2,1H3,(H,25,27). The molecule has 1 aromatic carbocycles. The van der Waals surface area contributed by atoms with Gasteiger partial charge >= 0.3 is 0 Å². The number of hydrogen-bond acceptors (Lipinski definition) is 4. The molecule has 2 aliphatic rings. The number of rotatable bonds is 6. The summed E-state index contributed by atoms with van der Waals surface area (Å²) >= 11 is 0. The van der Waals surface area contributed by atoms with Crippen LogP contribution in [-0.4, -0.2) is 54.7 Å². The number of likely N-dealkylation sites (tertiary alicyclic amines) is 1. The molecular formula is C24H33N5O. The third-order valence-electron chi connectivity index (χ3n) is 5.77. The van der Waals surface area contributed by atoms with Gasteiger partial charge in [0, 0.05) is 51.8 Å². The molecule has 0 atom stereocenters. The van der Waals surface area contributed by atoms with Crippen molar-refractivity contribution in [3.05, 3.63) is 54.2 Å². The molecule has 0 bridgehead atoms. The van der Waals surface area contributed by atoms with Crippen molar-refractivity contribution in [1.29, 1.82) is 0 Å². The second-order valence-corrected chi connectivity index (χ2v) is 8.01. The van der Waals surface area contributed by atoms with Gasteiger partial charge in [0.2, 0.25) is 0 Å². The average Bonchev–Trinajstić information content (AvgIpc) is 3.33. The molecule has 2 aromatic rings. The van der Waals surface area contributed by atoms with Crippen LogP contribution in [0.25, 0.3) is 0 Å². The minimum atomic E-state index is 0.272. The normalized spacial score (nSPS) is 18.0. The molecule has 2 aliphatic heterocycles. The lowest BCUT2D eigenvalue weighted by atomic mass is 10.1. The highest BCUT2D eigenvalue weighted by Gasteiger charge is 2.22. The van der Waals surface area contributed by atoms with E-state index in [0.717, 1.165) is 68.7 Å². The lowest BCUT2D eigenvalue weighted by Gasteiger charge is -2.34. The second-order valence-electron chi connectivity index (χ2n) is 8.01. The van der Waals surface area contributed by atoms with E-state index in [1.54, 1.807) is 0 Å². The maximum Gasteiger partial charge on any atom is 0.194 e. The van der Waals surface area contributed by atoms with Gasteiger partial charge < -0.3 is 19.9 Å². The fourth-order valence-electron chi connectivity index (χ4n) is 4.11. The molecule has 30 heavy (non-hydrogen) atoms. The third kappa shape index (κ3) is 5.43. The molecule has 0 radical (unpaired) electrons. The lowest BCUT2D eigenvalue weighted by molar-refractivity contribution is 0.129. The predicted molar refractivity (Wildman–Crippen MR) is 122 cm³/mol. The number of hydrogen-bond donors (Lipinski definition) is 1. The third-order valence-corrected chi connectivity index (χ3v) is 5.77. The maximum absolute atomic E-state index is 6.13. The van der Waals surface area contributed by atoms with E-state index in [-0.39, 0.29) is 6.10 Å². The molecule has 6 heteroatoms. The summed E-state index contributed by atoms with van der Waals surface area (Å²) in [4.78, 5) is 14.2. The molecule has 0 spiro atoms. The van der Waals surface area contributed by atoms with Crippen LogP contribution in [0.1, 0.15) is 38.2 Å². The highest BCUT2D eigenvalue weighted by Crippen LogP contribution is 2.20. The number of piperidine rings is 1. The van der Waals surface area contributed by atoms with Crippen molar-refractivity contribution < 1.29 is 4.74 Å². The molecule has 0 saturated carbocycles. The summed E-state index contributed by atoms with van der Waals surface area (Å²) in [6, 6.07) is 14.4. The topological polar surface area (TPSA) is 53.0 Å². The van der Waals surface area contributed by atoms with Crippen LogP contribution in [0.2, 0.25) is 0 Å². The molecule has 0 unspecified atom stereocenters. The first-order valence-corrected chi connectivity index (χ1v) is 11.3. The Bertz CT molecular complexity index is 794. The van der Waals surface area contributed by atoms with Gasteiger partial charge in [-0.1, -0.05) is 24.3 Å². The van der Waals surface area contributed by atoms with Crippen LogP contribution < -0.4 is 15.0 Å². The molecule has 2 fully saturated rings. The number of ether oxygens (including phenoxy) is 1. The quantitative estimate of drug-likeness (QED) is 0.585. The molecule has 0 amide bonds. The maximum atomic E-state index is 6.13. The van der Waals surface area contributed by atoms with Gasteiger partial charge in [-0.15, -0.1) is 0 Å². The predicted octanol–water partition coefficient (Wildman–Crippen LogP) is 3.69. The fourth-order valence-corrected chi connectivity index (χ4v) is 4.11. The summed E-state index contributed by atoms with van der Waals surface area (Å²) in [6.45, 7) is 7.79. The van der Waals surface area contributed by atoms with Crippen molar-refractivity contribution in [2.45, 2.75) is 45.3 Å². The lowest BCUT2D eigenvalue weighted by Crippen LogP contribution is -2.47. The SMILES string of the molecule is CCNC(=NCc1ccc(N2CCCC2)nc1)N1CCC(Oc2ccccc2)CC1. The number of benzene rings is 1. The molecule has 4 rings (SSSR count). The highest BCUT2D eigenvalue weighted by atomic mass is 16.5. The smallest absolute Gasteiger partial charge is 0.194 e. The van der Waals surface area contributed by atoms with E-state index in [2.05, 4.69) is 39.2 Å². The monoisotopic (exact) mass is 407 g/mol. The van der Waals surface area contributed by atoms with Crippen molar-refractivity contribution in [3.8, 4) is 5.75 Å². The summed E-state index contributed by atoms with van der Waals surface area (Å²) in [5, 5.41) is 3.45. The van der Waals surface area contributed by atoms with Crippen molar-refractivity contribution in [1.82, 2.24) is 15.2 Å². The molecule has 160 valence electrons. The Morgan fingerprint density at radius 3 is 2.50 bits per heavy atom. The molecule has 3 heterocycles. The van der Waals surface area contributed by atoms with Gasteiger partial charge in [-0.3, -0.25) is 0 Å². The van der Waals surface area contributed by atoms with Gasteiger partial charge in [0.15, 0.2) is 5.96 Å². The molecule has 1 N–H and O–H groups in total. The van der Waals surface area contributed by atoms with Crippen LogP contribution >= 0.6 is 0 Å². The minimum Gasteiger partial charge on any atom is -0.490 e. The van der Waals surface area contributed by atoms with Gasteiger partial charge in [-0.25, -0.2) is 9.98 Å². The van der Waals surface area contributed by atoms with Crippen LogP contribution in [0, 0.1) is 0 Å². The zero-order valence-electron chi connectivity index (χ0n) is 18.0. The Hall–Kier alpha value is -2.76. The van der Waals surface area contributed by atoms with E-state index in [0.29, 0.717) is 6.54 Å². The minimum absolute atomic E-state index is 0.272. The molecule has 1 aromatic heterocycles. The van der Waals surface area contributed by atoms with Crippen molar-refractivity contribution in [3.63, 3.8) is 0 Å².